The molecule has 206 valence electrons. The zero-order valence-corrected chi connectivity index (χ0v) is 25.4. The standard InChI is InChI=1S/C33H39BrN2O2S/c1-24-17-25(2)19-28(18-24)22-39-23-32(37)36(21-27-13-15-29(34)16-14-27)31(20-26-9-5-3-6-10-26)33(38)35-30-11-7-4-8-12-30/h3,5-6,9-10,13-19,30-31H,4,7-8,11-12,20-23H2,1-2H3,(H,35,38). The van der Waals surface area contributed by atoms with Crippen LogP contribution in [0.3, 0.4) is 0 Å². The number of hydrogen-bond donors (Lipinski definition) is 1. The lowest BCUT2D eigenvalue weighted by Gasteiger charge is -2.33. The Morgan fingerprint density at radius 1 is 0.897 bits per heavy atom. The third-order valence-electron chi connectivity index (χ3n) is 7.26. The highest BCUT2D eigenvalue weighted by molar-refractivity contribution is 9.10. The largest absolute Gasteiger partial charge is 0.352 e. The van der Waals surface area contributed by atoms with Gasteiger partial charge in [0.05, 0.1) is 5.75 Å². The van der Waals surface area contributed by atoms with E-state index in [9.17, 15) is 9.59 Å². The van der Waals surface area contributed by atoms with E-state index in [1.165, 1.54) is 23.1 Å². The van der Waals surface area contributed by atoms with Gasteiger partial charge in [-0.2, -0.15) is 0 Å². The summed E-state index contributed by atoms with van der Waals surface area (Å²) in [5.41, 5.74) is 5.75. The second-order valence-corrected chi connectivity index (χ2v) is 12.6. The Labute approximate surface area is 246 Å². The van der Waals surface area contributed by atoms with Crippen molar-refractivity contribution in [2.75, 3.05) is 5.75 Å². The third-order valence-corrected chi connectivity index (χ3v) is 8.78. The fourth-order valence-electron chi connectivity index (χ4n) is 5.38. The molecule has 0 spiro atoms. The molecule has 1 fully saturated rings. The molecule has 4 nitrogen and oxygen atoms in total. The van der Waals surface area contributed by atoms with Gasteiger partial charge in [-0.1, -0.05) is 107 Å². The summed E-state index contributed by atoms with van der Waals surface area (Å²) in [7, 11) is 0. The highest BCUT2D eigenvalue weighted by atomic mass is 79.9. The molecule has 1 aliphatic rings. The molecule has 6 heteroatoms. The second-order valence-electron chi connectivity index (χ2n) is 10.7. The molecule has 0 heterocycles. The fraction of sp³-hybridized carbons (Fsp3) is 0.394. The highest BCUT2D eigenvalue weighted by Gasteiger charge is 2.31. The Kier molecular flexibility index (Phi) is 11.1. The van der Waals surface area contributed by atoms with Crippen LogP contribution in [0.5, 0.6) is 0 Å². The average molecular weight is 608 g/mol. The molecule has 4 rings (SSSR count). The molecule has 1 aliphatic carbocycles. The molecular weight excluding hydrogens is 568 g/mol. The van der Waals surface area contributed by atoms with Crippen molar-refractivity contribution in [2.45, 2.75) is 76.8 Å². The maximum Gasteiger partial charge on any atom is 0.243 e. The lowest BCUT2D eigenvalue weighted by Crippen LogP contribution is -2.53. The van der Waals surface area contributed by atoms with Gasteiger partial charge in [0, 0.05) is 29.2 Å². The Bertz CT molecular complexity index is 1210. The highest BCUT2D eigenvalue weighted by Crippen LogP contribution is 2.22. The predicted octanol–water partition coefficient (Wildman–Crippen LogP) is 7.39. The number of nitrogens with one attached hydrogen (secondary N) is 1. The monoisotopic (exact) mass is 606 g/mol. The zero-order valence-electron chi connectivity index (χ0n) is 23.0. The van der Waals surface area contributed by atoms with Crippen LogP contribution in [0.2, 0.25) is 0 Å². The van der Waals surface area contributed by atoms with Crippen molar-refractivity contribution >= 4 is 39.5 Å². The van der Waals surface area contributed by atoms with Gasteiger partial charge in [0.1, 0.15) is 6.04 Å². The van der Waals surface area contributed by atoms with Gasteiger partial charge in [0.25, 0.3) is 0 Å². The first kappa shape index (κ1) is 29.4. The van der Waals surface area contributed by atoms with Gasteiger partial charge in [-0.25, -0.2) is 0 Å². The third kappa shape index (κ3) is 9.25. The minimum atomic E-state index is -0.577. The van der Waals surface area contributed by atoms with Crippen LogP contribution in [-0.2, 0) is 28.3 Å². The van der Waals surface area contributed by atoms with E-state index >= 15 is 0 Å². The maximum atomic E-state index is 13.9. The molecular formula is C33H39BrN2O2S. The number of carbonyl (C=O) groups is 2. The van der Waals surface area contributed by atoms with Gasteiger partial charge < -0.3 is 10.2 Å². The first-order valence-electron chi connectivity index (χ1n) is 13.9. The van der Waals surface area contributed by atoms with Crippen molar-refractivity contribution in [3.05, 3.63) is 105 Å². The van der Waals surface area contributed by atoms with E-state index < -0.39 is 6.04 Å². The van der Waals surface area contributed by atoms with Crippen LogP contribution in [0.1, 0.15) is 59.9 Å². The van der Waals surface area contributed by atoms with Gasteiger partial charge in [-0.15, -0.1) is 11.8 Å². The zero-order chi connectivity index (χ0) is 27.6. The summed E-state index contributed by atoms with van der Waals surface area (Å²) < 4.78 is 0.990. The molecule has 0 aromatic heterocycles. The SMILES string of the molecule is Cc1cc(C)cc(CSCC(=O)N(Cc2ccc(Br)cc2)C(Cc2ccccc2)C(=O)NC2CCCCC2)c1. The maximum absolute atomic E-state index is 13.9. The molecule has 1 N–H and O–H groups in total. The Balaban J connectivity index is 1.56. The summed E-state index contributed by atoms with van der Waals surface area (Å²) in [4.78, 5) is 29.5. The van der Waals surface area contributed by atoms with Crippen LogP contribution >= 0.6 is 27.7 Å². The molecule has 0 radical (unpaired) electrons. The van der Waals surface area contributed by atoms with Crippen molar-refractivity contribution in [2.24, 2.45) is 0 Å². The summed E-state index contributed by atoms with van der Waals surface area (Å²) in [5.74, 6) is 1.03. The normalized spacial score (nSPS) is 14.5. The quantitative estimate of drug-likeness (QED) is 0.247. The predicted molar refractivity (Wildman–Crippen MR) is 166 cm³/mol. The molecule has 3 aromatic rings. The van der Waals surface area contributed by atoms with Crippen LogP contribution < -0.4 is 5.32 Å². The Morgan fingerprint density at radius 3 is 2.23 bits per heavy atom. The number of halogens is 1. The van der Waals surface area contributed by atoms with Crippen LogP contribution in [-0.4, -0.2) is 34.6 Å². The lowest BCUT2D eigenvalue weighted by molar-refractivity contribution is -0.139. The summed E-state index contributed by atoms with van der Waals surface area (Å²) in [6.45, 7) is 4.60. The number of hydrogen-bond acceptors (Lipinski definition) is 3. The average Bonchev–Trinajstić information content (AvgIpc) is 2.92. The van der Waals surface area contributed by atoms with E-state index in [4.69, 9.17) is 0 Å². The molecule has 3 aromatic carbocycles. The van der Waals surface area contributed by atoms with Crippen molar-refractivity contribution < 1.29 is 9.59 Å². The van der Waals surface area contributed by atoms with Crippen LogP contribution in [0.15, 0.2) is 77.3 Å². The van der Waals surface area contributed by atoms with E-state index in [0.717, 1.165) is 47.0 Å². The van der Waals surface area contributed by atoms with Crippen molar-refractivity contribution in [3.8, 4) is 0 Å². The number of benzene rings is 3. The smallest absolute Gasteiger partial charge is 0.243 e. The Hall–Kier alpha value is -2.57. The molecule has 2 amide bonds. The molecule has 0 bridgehead atoms. The van der Waals surface area contributed by atoms with Crippen LogP contribution in [0.25, 0.3) is 0 Å². The van der Waals surface area contributed by atoms with Crippen molar-refractivity contribution in [1.29, 1.82) is 0 Å². The van der Waals surface area contributed by atoms with Crippen LogP contribution in [0.4, 0.5) is 0 Å². The number of nitrogens with zero attached hydrogens (tertiary/aromatic N) is 1. The minimum absolute atomic E-state index is 0.00739. The molecule has 1 unspecified atom stereocenters. The van der Waals surface area contributed by atoms with Gasteiger partial charge in [-0.05, 0) is 55.5 Å². The number of thioether (sulfide) groups is 1. The van der Waals surface area contributed by atoms with Crippen molar-refractivity contribution in [3.63, 3.8) is 0 Å². The summed E-state index contributed by atoms with van der Waals surface area (Å²) >= 11 is 5.12. The van der Waals surface area contributed by atoms with E-state index in [0.29, 0.717) is 18.7 Å². The van der Waals surface area contributed by atoms with Gasteiger partial charge in [0.15, 0.2) is 0 Å². The number of amides is 2. The molecule has 0 saturated heterocycles. The second kappa shape index (κ2) is 14.7. The first-order valence-corrected chi connectivity index (χ1v) is 15.9. The summed E-state index contributed by atoms with van der Waals surface area (Å²) in [6, 6.07) is 24.2. The van der Waals surface area contributed by atoms with Crippen LogP contribution in [0, 0.1) is 13.8 Å². The number of rotatable bonds is 11. The van der Waals surface area contributed by atoms with E-state index in [2.05, 4.69) is 53.3 Å². The van der Waals surface area contributed by atoms with Gasteiger partial charge in [0.2, 0.25) is 11.8 Å². The summed E-state index contributed by atoms with van der Waals surface area (Å²) in [6.07, 6.45) is 6.03. The topological polar surface area (TPSA) is 49.4 Å². The number of aryl methyl sites for hydroxylation is 2. The molecule has 1 saturated carbocycles. The van der Waals surface area contributed by atoms with Gasteiger partial charge >= 0.3 is 0 Å². The molecule has 39 heavy (non-hydrogen) atoms. The van der Waals surface area contributed by atoms with E-state index in [1.807, 2.05) is 59.5 Å². The first-order chi connectivity index (χ1) is 18.9. The fourth-order valence-corrected chi connectivity index (χ4v) is 6.49. The van der Waals surface area contributed by atoms with E-state index in [1.54, 1.807) is 11.8 Å². The number of carbonyl (C=O) groups excluding carboxylic acids is 2. The van der Waals surface area contributed by atoms with Gasteiger partial charge in [-0.3, -0.25) is 9.59 Å². The molecule has 1 atom stereocenters. The van der Waals surface area contributed by atoms with Crippen molar-refractivity contribution in [1.82, 2.24) is 10.2 Å². The lowest BCUT2D eigenvalue weighted by atomic mass is 9.94. The minimum Gasteiger partial charge on any atom is -0.352 e. The van der Waals surface area contributed by atoms with E-state index in [-0.39, 0.29) is 17.9 Å². The Morgan fingerprint density at radius 2 is 1.56 bits per heavy atom. The molecule has 0 aliphatic heterocycles. The summed E-state index contributed by atoms with van der Waals surface area (Å²) in [5, 5.41) is 3.32.